The first-order valence-corrected chi connectivity index (χ1v) is 11.5. The molecule has 0 spiro atoms. The van der Waals surface area contributed by atoms with Gasteiger partial charge < -0.3 is 25.2 Å². The maximum absolute atomic E-state index is 13.0. The monoisotopic (exact) mass is 466 g/mol. The molecule has 8 nitrogen and oxygen atoms in total. The standard InChI is InChI=1S/C26H30N2O6/c1-26(24(31)27-21(15-33-2)23(29)30)13-7-12-22(26)28-25(32)34-14-20-18-10-5-3-8-16(18)17-9-4-6-11-19(17)20/h3-6,8-11,20-22H,7,12-15H2,1-2H3,(H,27,31)(H,28,32)(H,29,30)/t21-,22?,26?/m0/s1. The number of ether oxygens (including phenoxy) is 2. The smallest absolute Gasteiger partial charge is 0.407 e. The minimum atomic E-state index is -1.17. The molecule has 0 saturated heterocycles. The second kappa shape index (κ2) is 9.85. The van der Waals surface area contributed by atoms with Crippen LogP contribution in [0.25, 0.3) is 11.1 Å². The van der Waals surface area contributed by atoms with Crippen LogP contribution in [0.4, 0.5) is 4.79 Å². The van der Waals surface area contributed by atoms with Gasteiger partial charge in [0, 0.05) is 19.1 Å². The summed E-state index contributed by atoms with van der Waals surface area (Å²) in [5, 5.41) is 14.7. The summed E-state index contributed by atoms with van der Waals surface area (Å²) in [7, 11) is 1.38. The third-order valence-electron chi connectivity index (χ3n) is 7.05. The molecule has 4 rings (SSSR count). The van der Waals surface area contributed by atoms with E-state index in [0.29, 0.717) is 12.8 Å². The van der Waals surface area contributed by atoms with Crippen LogP contribution in [0.2, 0.25) is 0 Å². The van der Waals surface area contributed by atoms with Gasteiger partial charge >= 0.3 is 12.1 Å². The van der Waals surface area contributed by atoms with Crippen LogP contribution < -0.4 is 10.6 Å². The number of alkyl carbamates (subject to hydrolysis) is 1. The van der Waals surface area contributed by atoms with Crippen molar-refractivity contribution in [2.24, 2.45) is 5.41 Å². The summed E-state index contributed by atoms with van der Waals surface area (Å²) in [6, 6.07) is 14.6. The molecule has 0 radical (unpaired) electrons. The Hall–Kier alpha value is -3.39. The zero-order chi connectivity index (χ0) is 24.3. The van der Waals surface area contributed by atoms with E-state index in [1.807, 2.05) is 24.3 Å². The SMILES string of the molecule is COC[C@H](NC(=O)C1(C)CCCC1NC(=O)OCC1c2ccccc2-c2ccccc21)C(=O)O. The third kappa shape index (κ3) is 4.50. The maximum Gasteiger partial charge on any atom is 0.407 e. The molecular formula is C26H30N2O6. The van der Waals surface area contributed by atoms with Gasteiger partial charge in [-0.05, 0) is 42.0 Å². The van der Waals surface area contributed by atoms with Crippen LogP contribution in [0.5, 0.6) is 0 Å². The number of hydrogen-bond donors (Lipinski definition) is 3. The Morgan fingerprint density at radius 1 is 1.09 bits per heavy atom. The van der Waals surface area contributed by atoms with E-state index in [1.54, 1.807) is 6.92 Å². The van der Waals surface area contributed by atoms with Gasteiger partial charge in [0.25, 0.3) is 0 Å². The molecular weight excluding hydrogens is 436 g/mol. The minimum absolute atomic E-state index is 0.0539. The Morgan fingerprint density at radius 2 is 1.71 bits per heavy atom. The van der Waals surface area contributed by atoms with Crippen LogP contribution in [-0.4, -0.2) is 55.5 Å². The van der Waals surface area contributed by atoms with E-state index in [-0.39, 0.29) is 19.1 Å². The topological polar surface area (TPSA) is 114 Å². The summed E-state index contributed by atoms with van der Waals surface area (Å²) in [4.78, 5) is 37.1. The molecule has 34 heavy (non-hydrogen) atoms. The fraction of sp³-hybridized carbons (Fsp3) is 0.423. The lowest BCUT2D eigenvalue weighted by Crippen LogP contribution is -2.55. The van der Waals surface area contributed by atoms with Crippen LogP contribution in [0.1, 0.15) is 43.2 Å². The summed E-state index contributed by atoms with van der Waals surface area (Å²) in [6.45, 7) is 1.79. The number of amides is 2. The van der Waals surface area contributed by atoms with Gasteiger partial charge in [-0.2, -0.15) is 0 Å². The Morgan fingerprint density at radius 3 is 2.29 bits per heavy atom. The van der Waals surface area contributed by atoms with E-state index in [0.717, 1.165) is 28.7 Å². The molecule has 2 aliphatic carbocycles. The number of fused-ring (bicyclic) bond motifs is 3. The number of carbonyl (C=O) groups is 3. The van der Waals surface area contributed by atoms with Crippen LogP contribution in [0.15, 0.2) is 48.5 Å². The highest BCUT2D eigenvalue weighted by Crippen LogP contribution is 2.44. The van der Waals surface area contributed by atoms with Gasteiger partial charge in [0.2, 0.25) is 5.91 Å². The number of nitrogens with one attached hydrogen (secondary N) is 2. The molecule has 1 saturated carbocycles. The number of rotatable bonds is 8. The average Bonchev–Trinajstić information content (AvgIpc) is 3.36. The lowest BCUT2D eigenvalue weighted by molar-refractivity contribution is -0.145. The zero-order valence-electron chi connectivity index (χ0n) is 19.4. The number of carboxylic acid groups (broad SMARTS) is 1. The lowest BCUT2D eigenvalue weighted by Gasteiger charge is -2.31. The Labute approximate surface area is 198 Å². The zero-order valence-corrected chi connectivity index (χ0v) is 19.4. The average molecular weight is 467 g/mol. The van der Waals surface area contributed by atoms with Crippen LogP contribution in [-0.2, 0) is 19.1 Å². The molecule has 2 unspecified atom stereocenters. The highest BCUT2D eigenvalue weighted by atomic mass is 16.5. The predicted molar refractivity (Wildman–Crippen MR) is 125 cm³/mol. The van der Waals surface area contributed by atoms with Crippen molar-refractivity contribution in [3.8, 4) is 11.1 Å². The van der Waals surface area contributed by atoms with Gasteiger partial charge in [0.1, 0.15) is 6.61 Å². The third-order valence-corrected chi connectivity index (χ3v) is 7.05. The van der Waals surface area contributed by atoms with Crippen LogP contribution in [0, 0.1) is 5.41 Å². The van der Waals surface area contributed by atoms with Crippen molar-refractivity contribution >= 4 is 18.0 Å². The number of carbonyl (C=O) groups excluding carboxylic acids is 2. The molecule has 0 heterocycles. The number of carboxylic acids is 1. The summed E-state index contributed by atoms with van der Waals surface area (Å²) in [6.07, 6.45) is 1.29. The molecule has 2 aromatic carbocycles. The molecule has 2 aromatic rings. The summed E-state index contributed by atoms with van der Waals surface area (Å²) in [5.41, 5.74) is 3.61. The van der Waals surface area contributed by atoms with Crippen molar-refractivity contribution < 1.29 is 29.0 Å². The first kappa shape index (κ1) is 23.8. The number of benzene rings is 2. The molecule has 2 amide bonds. The fourth-order valence-electron chi connectivity index (χ4n) is 5.12. The van der Waals surface area contributed by atoms with E-state index >= 15 is 0 Å². The van der Waals surface area contributed by atoms with Gasteiger partial charge in [-0.3, -0.25) is 4.79 Å². The van der Waals surface area contributed by atoms with E-state index < -0.39 is 35.5 Å². The summed E-state index contributed by atoms with van der Waals surface area (Å²) >= 11 is 0. The molecule has 180 valence electrons. The Balaban J connectivity index is 1.40. The number of methoxy groups -OCH3 is 1. The molecule has 0 bridgehead atoms. The highest BCUT2D eigenvalue weighted by Gasteiger charge is 2.47. The van der Waals surface area contributed by atoms with Gasteiger partial charge in [-0.15, -0.1) is 0 Å². The van der Waals surface area contributed by atoms with Gasteiger partial charge in [0.15, 0.2) is 6.04 Å². The summed E-state index contributed by atoms with van der Waals surface area (Å²) < 4.78 is 10.5. The second-order valence-corrected chi connectivity index (χ2v) is 9.15. The normalized spacial score (nSPS) is 21.9. The first-order valence-electron chi connectivity index (χ1n) is 11.5. The molecule has 0 aliphatic heterocycles. The van der Waals surface area contributed by atoms with Gasteiger partial charge in [0.05, 0.1) is 12.0 Å². The quantitative estimate of drug-likeness (QED) is 0.550. The van der Waals surface area contributed by atoms with E-state index in [4.69, 9.17) is 9.47 Å². The van der Waals surface area contributed by atoms with Gasteiger partial charge in [-0.25, -0.2) is 9.59 Å². The number of hydrogen-bond acceptors (Lipinski definition) is 5. The van der Waals surface area contributed by atoms with E-state index in [1.165, 1.54) is 7.11 Å². The fourth-order valence-corrected chi connectivity index (χ4v) is 5.12. The first-order chi connectivity index (χ1) is 16.3. The Bertz CT molecular complexity index is 1040. The molecule has 3 N–H and O–H groups in total. The molecule has 2 aliphatic rings. The predicted octanol–water partition coefficient (Wildman–Crippen LogP) is 3.30. The van der Waals surface area contributed by atoms with Crippen molar-refractivity contribution in [2.75, 3.05) is 20.3 Å². The minimum Gasteiger partial charge on any atom is -0.480 e. The van der Waals surface area contributed by atoms with Crippen molar-refractivity contribution in [3.63, 3.8) is 0 Å². The highest BCUT2D eigenvalue weighted by molar-refractivity contribution is 5.88. The largest absolute Gasteiger partial charge is 0.480 e. The van der Waals surface area contributed by atoms with Crippen LogP contribution >= 0.6 is 0 Å². The van der Waals surface area contributed by atoms with Crippen molar-refractivity contribution in [2.45, 2.75) is 44.2 Å². The molecule has 0 aromatic heterocycles. The maximum atomic E-state index is 13.0. The Kier molecular flexibility index (Phi) is 6.88. The molecule has 8 heteroatoms. The lowest BCUT2D eigenvalue weighted by atomic mass is 9.83. The van der Waals surface area contributed by atoms with E-state index in [9.17, 15) is 19.5 Å². The van der Waals surface area contributed by atoms with Crippen LogP contribution in [0.3, 0.4) is 0 Å². The second-order valence-electron chi connectivity index (χ2n) is 9.15. The van der Waals surface area contributed by atoms with Gasteiger partial charge in [-0.1, -0.05) is 55.0 Å². The summed E-state index contributed by atoms with van der Waals surface area (Å²) in [5.74, 6) is -1.64. The molecule has 3 atom stereocenters. The van der Waals surface area contributed by atoms with Crippen molar-refractivity contribution in [3.05, 3.63) is 59.7 Å². The number of aliphatic carboxylic acids is 1. The van der Waals surface area contributed by atoms with E-state index in [2.05, 4.69) is 34.9 Å². The van der Waals surface area contributed by atoms with Crippen molar-refractivity contribution in [1.82, 2.24) is 10.6 Å². The van der Waals surface area contributed by atoms with Crippen molar-refractivity contribution in [1.29, 1.82) is 0 Å². The molecule has 1 fully saturated rings.